The maximum atomic E-state index is 10.6. The van der Waals surface area contributed by atoms with E-state index in [4.69, 9.17) is 0 Å². The molecule has 0 aliphatic rings. The second-order valence-corrected chi connectivity index (χ2v) is 2.63. The predicted molar refractivity (Wildman–Crippen MR) is 56.7 cm³/mol. The largest absolute Gasteiger partial charge is 0.297 e. The van der Waals surface area contributed by atoms with Gasteiger partial charge in [-0.2, -0.15) is 0 Å². The third-order valence-corrected chi connectivity index (χ3v) is 1.86. The number of rotatable bonds is 1. The molecule has 0 aliphatic heterocycles. The third-order valence-electron chi connectivity index (χ3n) is 1.86. The van der Waals surface area contributed by atoms with Gasteiger partial charge in [0, 0.05) is 6.20 Å². The first-order chi connectivity index (χ1) is 6.83. The number of pyridine rings is 1. The fourth-order valence-corrected chi connectivity index (χ4v) is 1.27. The molecule has 0 N–H and O–H groups in total. The molecule has 2 heterocycles. The quantitative estimate of drug-likeness (QED) is 0.647. The number of imidazole rings is 1. The first kappa shape index (κ1) is 10.4. The normalized spacial score (nSPS) is 9.36. The van der Waals surface area contributed by atoms with E-state index in [9.17, 15) is 4.79 Å². The molecule has 0 bridgehead atoms. The molecule has 0 aliphatic carbocycles. The van der Waals surface area contributed by atoms with Crippen LogP contribution in [-0.2, 0) is 0 Å². The maximum absolute atomic E-state index is 10.6. The van der Waals surface area contributed by atoms with Crippen LogP contribution in [0.25, 0.3) is 5.65 Å². The lowest BCUT2D eigenvalue weighted by atomic mass is 10.4. The van der Waals surface area contributed by atoms with E-state index in [-0.39, 0.29) is 0 Å². The van der Waals surface area contributed by atoms with Crippen molar-refractivity contribution in [2.75, 3.05) is 0 Å². The number of aromatic nitrogens is 2. The number of aldehydes is 1. The number of fused-ring (bicyclic) bond motifs is 1. The Morgan fingerprint density at radius 3 is 2.71 bits per heavy atom. The summed E-state index contributed by atoms with van der Waals surface area (Å²) in [6.07, 6.45) is 2.66. The average Bonchev–Trinajstić information content (AvgIpc) is 2.56. The van der Waals surface area contributed by atoms with Crippen LogP contribution in [0.15, 0.2) is 24.4 Å². The van der Waals surface area contributed by atoms with E-state index < -0.39 is 0 Å². The van der Waals surface area contributed by atoms with Crippen LogP contribution in [0.3, 0.4) is 0 Å². The number of nitrogens with zero attached hydrogens (tertiary/aromatic N) is 2. The molecule has 0 radical (unpaired) electrons. The van der Waals surface area contributed by atoms with Crippen molar-refractivity contribution >= 4 is 11.9 Å². The van der Waals surface area contributed by atoms with Gasteiger partial charge >= 0.3 is 0 Å². The second kappa shape index (κ2) is 4.56. The van der Waals surface area contributed by atoms with Crippen molar-refractivity contribution in [2.24, 2.45) is 0 Å². The number of carbonyl (C=O) groups is 1. The van der Waals surface area contributed by atoms with E-state index in [1.165, 1.54) is 0 Å². The van der Waals surface area contributed by atoms with Crippen LogP contribution in [-0.4, -0.2) is 15.7 Å². The Morgan fingerprint density at radius 1 is 1.36 bits per heavy atom. The lowest BCUT2D eigenvalue weighted by Crippen LogP contribution is -1.90. The summed E-state index contributed by atoms with van der Waals surface area (Å²) in [5.74, 6) is 0. The van der Waals surface area contributed by atoms with Crippen LogP contribution < -0.4 is 0 Å². The summed E-state index contributed by atoms with van der Waals surface area (Å²) in [5.41, 5.74) is 2.22. The van der Waals surface area contributed by atoms with Crippen molar-refractivity contribution in [3.8, 4) is 0 Å². The zero-order valence-electron chi connectivity index (χ0n) is 8.69. The molecule has 0 unspecified atom stereocenters. The van der Waals surface area contributed by atoms with Gasteiger partial charge < -0.3 is 0 Å². The van der Waals surface area contributed by atoms with E-state index >= 15 is 0 Å². The van der Waals surface area contributed by atoms with Gasteiger partial charge in [0.1, 0.15) is 11.3 Å². The molecular formula is C11H14N2O. The van der Waals surface area contributed by atoms with Gasteiger partial charge in [-0.3, -0.25) is 9.20 Å². The predicted octanol–water partition coefficient (Wildman–Crippen LogP) is 2.48. The van der Waals surface area contributed by atoms with Crippen LogP contribution in [0, 0.1) is 6.92 Å². The van der Waals surface area contributed by atoms with Gasteiger partial charge in [-0.05, 0) is 19.1 Å². The first-order valence-corrected chi connectivity index (χ1v) is 4.72. The van der Waals surface area contributed by atoms with Crippen LogP contribution >= 0.6 is 0 Å². The highest BCUT2D eigenvalue weighted by Crippen LogP contribution is 2.08. The minimum absolute atomic E-state index is 0.630. The highest BCUT2D eigenvalue weighted by molar-refractivity contribution is 5.76. The van der Waals surface area contributed by atoms with E-state index in [1.54, 1.807) is 4.40 Å². The Morgan fingerprint density at radius 2 is 2.07 bits per heavy atom. The fourth-order valence-electron chi connectivity index (χ4n) is 1.27. The maximum Gasteiger partial charge on any atom is 0.168 e. The Hall–Kier alpha value is -1.64. The Bertz CT molecular complexity index is 432. The van der Waals surface area contributed by atoms with Gasteiger partial charge in [-0.1, -0.05) is 19.9 Å². The molecule has 3 nitrogen and oxygen atoms in total. The summed E-state index contributed by atoms with van der Waals surface area (Å²) in [5, 5.41) is 0. The van der Waals surface area contributed by atoms with E-state index in [1.807, 2.05) is 45.2 Å². The van der Waals surface area contributed by atoms with Gasteiger partial charge in [-0.25, -0.2) is 4.98 Å². The Balaban J connectivity index is 0.000000461. The highest BCUT2D eigenvalue weighted by atomic mass is 16.1. The van der Waals surface area contributed by atoms with Gasteiger partial charge in [0.2, 0.25) is 0 Å². The van der Waals surface area contributed by atoms with E-state index in [0.717, 1.165) is 17.6 Å². The smallest absolute Gasteiger partial charge is 0.168 e. The minimum Gasteiger partial charge on any atom is -0.297 e. The topological polar surface area (TPSA) is 34.4 Å². The Kier molecular flexibility index (Phi) is 3.40. The molecule has 0 saturated heterocycles. The summed E-state index contributed by atoms with van der Waals surface area (Å²) < 4.78 is 1.78. The average molecular weight is 190 g/mol. The zero-order valence-corrected chi connectivity index (χ0v) is 8.69. The van der Waals surface area contributed by atoms with Crippen molar-refractivity contribution in [1.82, 2.24) is 9.38 Å². The van der Waals surface area contributed by atoms with Crippen molar-refractivity contribution < 1.29 is 4.79 Å². The van der Waals surface area contributed by atoms with Crippen LogP contribution in [0.2, 0.25) is 0 Å². The monoisotopic (exact) mass is 190 g/mol. The molecule has 0 atom stereocenters. The molecule has 3 heteroatoms. The number of hydrogen-bond acceptors (Lipinski definition) is 2. The molecule has 0 spiro atoms. The number of carbonyl (C=O) groups excluding carboxylic acids is 1. The van der Waals surface area contributed by atoms with Crippen LogP contribution in [0.5, 0.6) is 0 Å². The molecule has 0 amide bonds. The molecule has 2 aromatic rings. The lowest BCUT2D eigenvalue weighted by molar-refractivity contribution is 0.111. The fraction of sp³-hybridized carbons (Fsp3) is 0.273. The minimum atomic E-state index is 0.630. The van der Waals surface area contributed by atoms with Crippen LogP contribution in [0.4, 0.5) is 0 Å². The summed E-state index contributed by atoms with van der Waals surface area (Å²) in [4.78, 5) is 14.9. The molecule has 74 valence electrons. The number of aryl methyl sites for hydroxylation is 1. The molecule has 14 heavy (non-hydrogen) atoms. The van der Waals surface area contributed by atoms with Gasteiger partial charge in [0.05, 0.1) is 5.69 Å². The highest BCUT2D eigenvalue weighted by Gasteiger charge is 2.04. The van der Waals surface area contributed by atoms with E-state index in [2.05, 4.69) is 4.98 Å². The van der Waals surface area contributed by atoms with E-state index in [0.29, 0.717) is 5.69 Å². The molecular weight excluding hydrogens is 176 g/mol. The summed E-state index contributed by atoms with van der Waals surface area (Å²) in [7, 11) is 0. The lowest BCUT2D eigenvalue weighted by Gasteiger charge is -1.91. The summed E-state index contributed by atoms with van der Waals surface area (Å²) in [6.45, 7) is 5.83. The molecule has 0 saturated carbocycles. The van der Waals surface area contributed by atoms with Gasteiger partial charge in [-0.15, -0.1) is 0 Å². The van der Waals surface area contributed by atoms with Crippen molar-refractivity contribution in [3.05, 3.63) is 35.8 Å². The molecule has 0 fully saturated rings. The summed E-state index contributed by atoms with van der Waals surface area (Å²) in [6, 6.07) is 5.65. The number of hydrogen-bond donors (Lipinski definition) is 0. The second-order valence-electron chi connectivity index (χ2n) is 2.63. The first-order valence-electron chi connectivity index (χ1n) is 4.72. The van der Waals surface area contributed by atoms with Gasteiger partial charge in [0.15, 0.2) is 6.29 Å². The SMILES string of the molecule is CC.Cc1nc2ccccn2c1C=O. The van der Waals surface area contributed by atoms with Crippen molar-refractivity contribution in [2.45, 2.75) is 20.8 Å². The Labute approximate surface area is 83.4 Å². The van der Waals surface area contributed by atoms with Crippen molar-refractivity contribution in [1.29, 1.82) is 0 Å². The standard InChI is InChI=1S/C9H8N2O.C2H6/c1-7-8(6-12)11-5-3-2-4-9(11)10-7;1-2/h2-6H,1H3;1-2H3. The molecule has 2 rings (SSSR count). The van der Waals surface area contributed by atoms with Gasteiger partial charge in [0.25, 0.3) is 0 Å². The molecule has 2 aromatic heterocycles. The third kappa shape index (κ3) is 1.66. The zero-order chi connectivity index (χ0) is 10.6. The molecule has 0 aromatic carbocycles. The van der Waals surface area contributed by atoms with Crippen LogP contribution in [0.1, 0.15) is 30.0 Å². The van der Waals surface area contributed by atoms with Crippen molar-refractivity contribution in [3.63, 3.8) is 0 Å². The summed E-state index contributed by atoms with van der Waals surface area (Å²) >= 11 is 0.